The van der Waals surface area contributed by atoms with Gasteiger partial charge in [-0.05, 0) is 18.2 Å². The molecule has 1 amide bonds. The molecule has 2 aromatic rings. The lowest BCUT2D eigenvalue weighted by atomic mass is 10.2. The molecule has 0 unspecified atom stereocenters. The zero-order valence-electron chi connectivity index (χ0n) is 13.2. The van der Waals surface area contributed by atoms with E-state index in [4.69, 9.17) is 0 Å². The van der Waals surface area contributed by atoms with Gasteiger partial charge in [0.2, 0.25) is 6.41 Å². The minimum absolute atomic E-state index is 0.789. The van der Waals surface area contributed by atoms with E-state index in [9.17, 15) is 4.79 Å². The van der Waals surface area contributed by atoms with E-state index in [0.29, 0.717) is 0 Å². The first-order valence-corrected chi connectivity index (χ1v) is 7.32. The molecule has 0 bridgehead atoms. The predicted molar refractivity (Wildman–Crippen MR) is 90.2 cm³/mol. The molecule has 2 heterocycles. The van der Waals surface area contributed by atoms with Crippen molar-refractivity contribution in [3.63, 3.8) is 0 Å². The number of para-hydroxylation sites is 2. The molecular weight excluding hydrogens is 276 g/mol. The fourth-order valence-electron chi connectivity index (χ4n) is 2.82. The number of hydrogen-bond acceptors (Lipinski definition) is 4. The van der Waals surface area contributed by atoms with Crippen molar-refractivity contribution in [2.75, 3.05) is 42.4 Å². The molecule has 0 N–H and O–H groups in total. The average Bonchev–Trinajstić information content (AvgIpc) is 2.90. The molecule has 1 aromatic heterocycles. The maximum atomic E-state index is 11.7. The van der Waals surface area contributed by atoms with Gasteiger partial charge in [-0.15, -0.1) is 0 Å². The summed E-state index contributed by atoms with van der Waals surface area (Å²) in [6, 6.07) is 9.89. The van der Waals surface area contributed by atoms with Crippen LogP contribution in [0.2, 0.25) is 0 Å². The first kappa shape index (κ1) is 14.4. The normalized spacial score (nSPS) is 13.0. The molecule has 22 heavy (non-hydrogen) atoms. The summed E-state index contributed by atoms with van der Waals surface area (Å²) in [4.78, 5) is 22.1. The monoisotopic (exact) mass is 296 g/mol. The van der Waals surface area contributed by atoms with Gasteiger partial charge in [0.25, 0.3) is 0 Å². The number of pyridine rings is 1. The molecule has 0 saturated carbocycles. The highest BCUT2D eigenvalue weighted by atomic mass is 16.1. The van der Waals surface area contributed by atoms with Crippen LogP contribution in [0.5, 0.6) is 0 Å². The van der Waals surface area contributed by atoms with Crippen molar-refractivity contribution in [1.29, 1.82) is 0 Å². The number of carbonyl (C=O) groups is 1. The summed E-state index contributed by atoms with van der Waals surface area (Å²) >= 11 is 0. The van der Waals surface area contributed by atoms with Crippen LogP contribution in [0, 0.1) is 0 Å². The van der Waals surface area contributed by atoms with Crippen LogP contribution in [0.1, 0.15) is 5.69 Å². The van der Waals surface area contributed by atoms with Gasteiger partial charge in [0.05, 0.1) is 34.6 Å². The van der Waals surface area contributed by atoms with E-state index in [1.54, 1.807) is 11.1 Å². The number of hydrogen-bond donors (Lipinski definition) is 0. The fourth-order valence-corrected chi connectivity index (χ4v) is 2.82. The first-order valence-electron chi connectivity index (χ1n) is 7.32. The summed E-state index contributed by atoms with van der Waals surface area (Å²) in [5.41, 5.74) is 4.83. The van der Waals surface area contributed by atoms with E-state index in [1.807, 2.05) is 49.3 Å². The second-order valence-corrected chi connectivity index (χ2v) is 5.69. The summed E-state index contributed by atoms with van der Waals surface area (Å²) in [6.07, 6.45) is 3.58. The highest BCUT2D eigenvalue weighted by Crippen LogP contribution is 2.35. The molecule has 1 aromatic carbocycles. The number of likely N-dealkylation sites (N-methyl/N-ethyl adjacent to an activating group) is 1. The standard InChI is InChI=1S/C17H20N4O/c1-19(2)15-6-4-5-7-16(15)21(12-22)13-10-17-14(18-11-13)8-9-20(17)3/h4-7,10-12H,8-9H2,1-3H3. The van der Waals surface area contributed by atoms with Gasteiger partial charge in [0.15, 0.2) is 0 Å². The minimum Gasteiger partial charge on any atom is -0.376 e. The van der Waals surface area contributed by atoms with Crippen LogP contribution in [0.4, 0.5) is 22.7 Å². The van der Waals surface area contributed by atoms with Gasteiger partial charge in [-0.2, -0.15) is 0 Å². The van der Waals surface area contributed by atoms with E-state index in [2.05, 4.69) is 16.9 Å². The highest BCUT2D eigenvalue weighted by Gasteiger charge is 2.20. The smallest absolute Gasteiger partial charge is 0.218 e. The van der Waals surface area contributed by atoms with Crippen LogP contribution in [0.3, 0.4) is 0 Å². The van der Waals surface area contributed by atoms with Gasteiger partial charge in [0, 0.05) is 34.1 Å². The summed E-state index contributed by atoms with van der Waals surface area (Å²) in [6.45, 7) is 0.973. The zero-order valence-corrected chi connectivity index (χ0v) is 13.2. The first-order chi connectivity index (χ1) is 10.6. The van der Waals surface area contributed by atoms with Crippen LogP contribution >= 0.6 is 0 Å². The lowest BCUT2D eigenvalue weighted by Crippen LogP contribution is -2.20. The maximum absolute atomic E-state index is 11.7. The minimum atomic E-state index is 0.789. The number of rotatable bonds is 4. The van der Waals surface area contributed by atoms with Gasteiger partial charge in [-0.3, -0.25) is 14.7 Å². The maximum Gasteiger partial charge on any atom is 0.218 e. The third kappa shape index (κ3) is 2.39. The average molecular weight is 296 g/mol. The van der Waals surface area contributed by atoms with E-state index in [0.717, 1.165) is 47.8 Å². The van der Waals surface area contributed by atoms with Crippen molar-refractivity contribution >= 4 is 29.2 Å². The number of aromatic nitrogens is 1. The highest BCUT2D eigenvalue weighted by molar-refractivity contribution is 5.92. The lowest BCUT2D eigenvalue weighted by molar-refractivity contribution is -0.106. The molecule has 5 heteroatoms. The molecule has 1 aliphatic heterocycles. The van der Waals surface area contributed by atoms with Gasteiger partial charge < -0.3 is 9.80 Å². The van der Waals surface area contributed by atoms with Crippen LogP contribution < -0.4 is 14.7 Å². The molecule has 5 nitrogen and oxygen atoms in total. The van der Waals surface area contributed by atoms with E-state index in [1.165, 1.54) is 0 Å². The second-order valence-electron chi connectivity index (χ2n) is 5.69. The number of fused-ring (bicyclic) bond motifs is 1. The lowest BCUT2D eigenvalue weighted by Gasteiger charge is -2.25. The van der Waals surface area contributed by atoms with Crippen LogP contribution in [0.15, 0.2) is 36.5 Å². The number of amides is 1. The van der Waals surface area contributed by atoms with Crippen LogP contribution in [-0.2, 0) is 11.2 Å². The Kier molecular flexibility index (Phi) is 3.71. The number of nitrogens with zero attached hydrogens (tertiary/aromatic N) is 4. The fraction of sp³-hybridized carbons (Fsp3) is 0.294. The third-order valence-electron chi connectivity index (χ3n) is 4.03. The molecule has 0 atom stereocenters. The molecule has 0 aliphatic carbocycles. The van der Waals surface area contributed by atoms with Gasteiger partial charge >= 0.3 is 0 Å². The van der Waals surface area contributed by atoms with Gasteiger partial charge in [0.1, 0.15) is 0 Å². The van der Waals surface area contributed by atoms with Crippen molar-refractivity contribution in [3.05, 3.63) is 42.2 Å². The molecule has 0 fully saturated rings. The van der Waals surface area contributed by atoms with Crippen molar-refractivity contribution < 1.29 is 4.79 Å². The number of anilines is 4. The van der Waals surface area contributed by atoms with E-state index >= 15 is 0 Å². The summed E-state index contributed by atoms with van der Waals surface area (Å²) < 4.78 is 0. The Balaban J connectivity index is 2.06. The largest absolute Gasteiger partial charge is 0.376 e. The van der Waals surface area contributed by atoms with Crippen LogP contribution in [0.25, 0.3) is 0 Å². The number of carbonyl (C=O) groups excluding carboxylic acids is 1. The Hall–Kier alpha value is -2.56. The Bertz CT molecular complexity index is 699. The van der Waals surface area contributed by atoms with Crippen molar-refractivity contribution in [2.24, 2.45) is 0 Å². The predicted octanol–water partition coefficient (Wildman–Crippen LogP) is 2.43. The van der Waals surface area contributed by atoms with Crippen molar-refractivity contribution in [3.8, 4) is 0 Å². The third-order valence-corrected chi connectivity index (χ3v) is 4.03. The molecule has 1 aliphatic rings. The Morgan fingerprint density at radius 1 is 1.23 bits per heavy atom. The molecule has 0 saturated heterocycles. The Morgan fingerprint density at radius 2 is 1.95 bits per heavy atom. The van der Waals surface area contributed by atoms with E-state index in [-0.39, 0.29) is 0 Å². The van der Waals surface area contributed by atoms with Crippen LogP contribution in [-0.4, -0.2) is 39.1 Å². The molecule has 0 radical (unpaired) electrons. The number of benzene rings is 1. The molecule has 3 rings (SSSR count). The topological polar surface area (TPSA) is 39.7 Å². The molecule has 0 spiro atoms. The van der Waals surface area contributed by atoms with Gasteiger partial charge in [-0.25, -0.2) is 0 Å². The summed E-state index contributed by atoms with van der Waals surface area (Å²) in [5.74, 6) is 0. The van der Waals surface area contributed by atoms with Gasteiger partial charge in [-0.1, -0.05) is 12.1 Å². The van der Waals surface area contributed by atoms with E-state index < -0.39 is 0 Å². The SMILES string of the molecule is CN(C)c1ccccc1N(C=O)c1cnc2c(c1)N(C)CC2. The molecule has 114 valence electrons. The Morgan fingerprint density at radius 3 is 2.64 bits per heavy atom. The summed E-state index contributed by atoms with van der Waals surface area (Å²) in [7, 11) is 5.99. The van der Waals surface area contributed by atoms with Crippen molar-refractivity contribution in [1.82, 2.24) is 4.98 Å². The molecular formula is C17H20N4O. The quantitative estimate of drug-likeness (QED) is 0.813. The Labute approximate surface area is 130 Å². The summed E-state index contributed by atoms with van der Waals surface area (Å²) in [5, 5.41) is 0. The zero-order chi connectivity index (χ0) is 15.7. The second kappa shape index (κ2) is 5.67. The van der Waals surface area contributed by atoms with Crippen molar-refractivity contribution in [2.45, 2.75) is 6.42 Å².